The Hall–Kier alpha value is -0.770. The summed E-state index contributed by atoms with van der Waals surface area (Å²) in [6, 6.07) is 0. The fourth-order valence-electron chi connectivity index (χ4n) is 2.64. The van der Waals surface area contributed by atoms with E-state index in [4.69, 9.17) is 4.74 Å². The van der Waals surface area contributed by atoms with Gasteiger partial charge in [-0.3, -0.25) is 4.79 Å². The normalized spacial score (nSPS) is 18.2. The van der Waals surface area contributed by atoms with E-state index < -0.39 is 12.1 Å². The third-order valence-corrected chi connectivity index (χ3v) is 5.51. The molecule has 2 fully saturated rings. The first kappa shape index (κ1) is 24.3. The van der Waals surface area contributed by atoms with Gasteiger partial charge in [0.2, 0.25) is 0 Å². The van der Waals surface area contributed by atoms with E-state index in [-0.39, 0.29) is 30.7 Å². The number of hydrogen-bond donors (Lipinski definition) is 0. The Morgan fingerprint density at radius 3 is 1.67 bits per heavy atom. The number of nitrogens with zero attached hydrogens (tertiary/aromatic N) is 2. The van der Waals surface area contributed by atoms with Gasteiger partial charge in [0.25, 0.3) is 0 Å². The van der Waals surface area contributed by atoms with Gasteiger partial charge in [-0.1, -0.05) is 0 Å². The Morgan fingerprint density at radius 1 is 0.926 bits per heavy atom. The van der Waals surface area contributed by atoms with E-state index in [0.717, 1.165) is 29.5 Å². The zero-order valence-corrected chi connectivity index (χ0v) is 18.1. The van der Waals surface area contributed by atoms with Gasteiger partial charge in [0.05, 0.1) is 0 Å². The van der Waals surface area contributed by atoms with Crippen molar-refractivity contribution >= 4 is 35.5 Å². The Labute approximate surface area is 167 Å². The largest absolute Gasteiger partial charge is 0.471 e. The van der Waals surface area contributed by atoms with Gasteiger partial charge in [-0.25, -0.2) is 4.79 Å². The standard InChI is InChI=1S/C10H19NO2S.C7H10F3NOS/c1-10(2,3)13-9(12)11-5-8(6-11)7-14-4;1-13-4-5-2-11(3-5)6(12)7(8,9)10/h8H,5-7H2,1-4H3;5H,2-4H2,1H3. The topological polar surface area (TPSA) is 49.9 Å². The summed E-state index contributed by atoms with van der Waals surface area (Å²) in [4.78, 5) is 24.7. The number of carbonyl (C=O) groups excluding carboxylic acids is 2. The van der Waals surface area contributed by atoms with Crippen molar-refractivity contribution in [2.45, 2.75) is 32.5 Å². The lowest BCUT2D eigenvalue weighted by molar-refractivity contribution is -0.191. The smallest absolute Gasteiger partial charge is 0.444 e. The third-order valence-electron chi connectivity index (χ3n) is 3.90. The predicted octanol–water partition coefficient (Wildman–Crippen LogP) is 3.59. The molecule has 0 bridgehead atoms. The second-order valence-corrected chi connectivity index (χ2v) is 9.56. The predicted molar refractivity (Wildman–Crippen MR) is 104 cm³/mol. The third kappa shape index (κ3) is 8.41. The zero-order chi connectivity index (χ0) is 20.8. The molecule has 2 saturated heterocycles. The Morgan fingerprint density at radius 2 is 1.33 bits per heavy atom. The van der Waals surface area contributed by atoms with E-state index >= 15 is 0 Å². The Balaban J connectivity index is 0.000000271. The van der Waals surface area contributed by atoms with Crippen LogP contribution in [0.5, 0.6) is 0 Å². The molecule has 2 amide bonds. The van der Waals surface area contributed by atoms with Crippen molar-refractivity contribution in [2.24, 2.45) is 11.8 Å². The lowest BCUT2D eigenvalue weighted by Crippen LogP contribution is -2.55. The molecule has 2 rings (SSSR count). The summed E-state index contributed by atoms with van der Waals surface area (Å²) in [5.41, 5.74) is -0.373. The highest BCUT2D eigenvalue weighted by molar-refractivity contribution is 7.98. The average molecular weight is 431 g/mol. The quantitative estimate of drug-likeness (QED) is 0.682. The fraction of sp³-hybridized carbons (Fsp3) is 0.882. The molecule has 10 heteroatoms. The van der Waals surface area contributed by atoms with Crippen molar-refractivity contribution in [3.05, 3.63) is 0 Å². The van der Waals surface area contributed by atoms with Crippen molar-refractivity contribution in [3.8, 4) is 0 Å². The molecular weight excluding hydrogens is 401 g/mol. The highest BCUT2D eigenvalue weighted by Crippen LogP contribution is 2.26. The van der Waals surface area contributed by atoms with Gasteiger partial charge in [-0.2, -0.15) is 36.7 Å². The minimum Gasteiger partial charge on any atom is -0.444 e. The van der Waals surface area contributed by atoms with E-state index in [2.05, 4.69) is 6.26 Å². The van der Waals surface area contributed by atoms with E-state index in [1.54, 1.807) is 16.7 Å². The molecule has 0 aliphatic carbocycles. The van der Waals surface area contributed by atoms with Crippen molar-refractivity contribution < 1.29 is 27.5 Å². The maximum Gasteiger partial charge on any atom is 0.471 e. The molecule has 0 spiro atoms. The molecule has 0 radical (unpaired) electrons. The highest BCUT2D eigenvalue weighted by atomic mass is 32.2. The van der Waals surface area contributed by atoms with Crippen LogP contribution in [0.1, 0.15) is 20.8 Å². The number of rotatable bonds is 4. The van der Waals surface area contributed by atoms with Crippen molar-refractivity contribution in [1.82, 2.24) is 9.80 Å². The monoisotopic (exact) mass is 430 g/mol. The van der Waals surface area contributed by atoms with Crippen molar-refractivity contribution in [1.29, 1.82) is 0 Å². The number of amides is 2. The molecule has 2 heterocycles. The number of carbonyl (C=O) groups is 2. The van der Waals surface area contributed by atoms with E-state index in [1.807, 2.05) is 38.8 Å². The van der Waals surface area contributed by atoms with Crippen LogP contribution in [0, 0.1) is 11.8 Å². The first-order valence-corrected chi connectivity index (χ1v) is 11.5. The summed E-state index contributed by atoms with van der Waals surface area (Å²) in [6.45, 7) is 7.89. The molecule has 2 aliphatic rings. The zero-order valence-electron chi connectivity index (χ0n) is 16.5. The maximum atomic E-state index is 11.8. The summed E-state index contributed by atoms with van der Waals surface area (Å²) >= 11 is 3.42. The summed E-state index contributed by atoms with van der Waals surface area (Å²) in [5.74, 6) is 1.16. The minimum absolute atomic E-state index is 0.171. The molecule has 0 atom stereocenters. The van der Waals surface area contributed by atoms with Crippen LogP contribution >= 0.6 is 23.5 Å². The van der Waals surface area contributed by atoms with E-state index in [9.17, 15) is 22.8 Å². The summed E-state index contributed by atoms with van der Waals surface area (Å²) in [6.07, 6.45) is -0.885. The summed E-state index contributed by atoms with van der Waals surface area (Å²) in [5, 5.41) is 0. The molecule has 158 valence electrons. The number of alkyl halides is 3. The summed E-state index contributed by atoms with van der Waals surface area (Å²) in [7, 11) is 0. The molecule has 0 aromatic carbocycles. The molecule has 0 saturated carbocycles. The van der Waals surface area contributed by atoms with E-state index in [0.29, 0.717) is 5.92 Å². The number of ether oxygens (including phenoxy) is 1. The van der Waals surface area contributed by atoms with Gasteiger partial charge in [-0.05, 0) is 44.8 Å². The van der Waals surface area contributed by atoms with Crippen LogP contribution in [-0.2, 0) is 9.53 Å². The van der Waals surface area contributed by atoms with Crippen LogP contribution in [0.3, 0.4) is 0 Å². The molecule has 0 N–H and O–H groups in total. The molecule has 5 nitrogen and oxygen atoms in total. The number of likely N-dealkylation sites (tertiary alicyclic amines) is 2. The molecule has 0 unspecified atom stereocenters. The molecule has 27 heavy (non-hydrogen) atoms. The lowest BCUT2D eigenvalue weighted by Gasteiger charge is -2.39. The molecular formula is C17H29F3N2O3S2. The van der Waals surface area contributed by atoms with Crippen LogP contribution in [-0.4, -0.2) is 83.8 Å². The number of halogens is 3. The lowest BCUT2D eigenvalue weighted by atomic mass is 10.0. The highest BCUT2D eigenvalue weighted by Gasteiger charge is 2.46. The van der Waals surface area contributed by atoms with Gasteiger partial charge in [0, 0.05) is 38.0 Å². The molecule has 0 aromatic heterocycles. The van der Waals surface area contributed by atoms with Crippen LogP contribution in [0.4, 0.5) is 18.0 Å². The van der Waals surface area contributed by atoms with Crippen LogP contribution in [0.15, 0.2) is 0 Å². The second-order valence-electron chi connectivity index (χ2n) is 7.74. The van der Waals surface area contributed by atoms with Gasteiger partial charge in [0.15, 0.2) is 0 Å². The Kier molecular flexibility index (Phi) is 9.11. The SMILES string of the molecule is CSCC1CN(C(=O)C(F)(F)F)C1.CSCC1CN(C(=O)OC(C)(C)C)C1. The minimum atomic E-state index is -4.70. The van der Waals surface area contributed by atoms with Gasteiger partial charge >= 0.3 is 18.2 Å². The van der Waals surface area contributed by atoms with Gasteiger partial charge in [-0.15, -0.1) is 0 Å². The van der Waals surface area contributed by atoms with Crippen LogP contribution in [0.25, 0.3) is 0 Å². The van der Waals surface area contributed by atoms with Crippen LogP contribution in [0.2, 0.25) is 0 Å². The second kappa shape index (κ2) is 10.1. The Bertz CT molecular complexity index is 501. The maximum absolute atomic E-state index is 11.8. The molecule has 2 aliphatic heterocycles. The van der Waals surface area contributed by atoms with Crippen molar-refractivity contribution in [3.63, 3.8) is 0 Å². The van der Waals surface area contributed by atoms with E-state index in [1.165, 1.54) is 0 Å². The van der Waals surface area contributed by atoms with Gasteiger partial charge < -0.3 is 14.5 Å². The fourth-order valence-corrected chi connectivity index (χ4v) is 4.01. The number of thioether (sulfide) groups is 2. The first-order chi connectivity index (χ1) is 12.4. The molecule has 0 aromatic rings. The number of hydrogen-bond acceptors (Lipinski definition) is 5. The first-order valence-electron chi connectivity index (χ1n) is 8.69. The van der Waals surface area contributed by atoms with Crippen LogP contribution < -0.4 is 0 Å². The average Bonchev–Trinajstić information content (AvgIpc) is 2.42. The van der Waals surface area contributed by atoms with Gasteiger partial charge in [0.1, 0.15) is 5.60 Å². The van der Waals surface area contributed by atoms with Crippen molar-refractivity contribution in [2.75, 3.05) is 50.2 Å². The summed E-state index contributed by atoms with van der Waals surface area (Å²) < 4.78 is 40.8.